The Bertz CT molecular complexity index is 1330. The Balaban J connectivity index is 1.37. The minimum absolute atomic E-state index is 0.812. The van der Waals surface area contributed by atoms with Gasteiger partial charge < -0.3 is 20.4 Å². The number of nitrogens with one attached hydrogen (secondary N) is 2. The first kappa shape index (κ1) is 27.0. The Hall–Kier alpha value is -4.58. The molecule has 1 aliphatic rings. The van der Waals surface area contributed by atoms with Gasteiger partial charge in [-0.05, 0) is 76.2 Å². The van der Waals surface area contributed by atoms with Crippen molar-refractivity contribution in [2.45, 2.75) is 27.7 Å². The topological polar surface area (TPSA) is 55.3 Å². The van der Waals surface area contributed by atoms with Crippen molar-refractivity contribution in [2.75, 3.05) is 36.8 Å². The van der Waals surface area contributed by atoms with Crippen LogP contribution >= 0.6 is 0 Å². The Labute approximate surface area is 238 Å². The highest BCUT2D eigenvalue weighted by Gasteiger charge is 2.23. The summed E-state index contributed by atoms with van der Waals surface area (Å²) in [5.74, 6) is 1.71. The highest BCUT2D eigenvalue weighted by Crippen LogP contribution is 2.20. The maximum atomic E-state index is 5.03. The molecule has 5 rings (SSSR count). The van der Waals surface area contributed by atoms with Gasteiger partial charge in [-0.2, -0.15) is 0 Å². The predicted molar refractivity (Wildman–Crippen MR) is 169 cm³/mol. The molecule has 1 aliphatic heterocycles. The second kappa shape index (κ2) is 12.5. The van der Waals surface area contributed by atoms with E-state index < -0.39 is 0 Å². The van der Waals surface area contributed by atoms with Gasteiger partial charge in [0.2, 0.25) is 11.9 Å². The molecule has 6 nitrogen and oxygen atoms in total. The highest BCUT2D eigenvalue weighted by atomic mass is 15.4. The fourth-order valence-electron chi connectivity index (χ4n) is 4.50. The van der Waals surface area contributed by atoms with Crippen LogP contribution in [0.25, 0.3) is 0 Å². The number of benzene rings is 4. The first-order valence-electron chi connectivity index (χ1n) is 13.9. The average molecular weight is 531 g/mol. The third kappa shape index (κ3) is 7.29. The second-order valence-electron chi connectivity index (χ2n) is 10.5. The van der Waals surface area contributed by atoms with Crippen molar-refractivity contribution >= 4 is 34.7 Å². The van der Waals surface area contributed by atoms with Crippen molar-refractivity contribution in [2.24, 2.45) is 9.98 Å². The van der Waals surface area contributed by atoms with E-state index in [1.54, 1.807) is 0 Å². The number of guanidine groups is 2. The lowest BCUT2D eigenvalue weighted by molar-refractivity contribution is 0.258. The van der Waals surface area contributed by atoms with Gasteiger partial charge in [-0.3, -0.25) is 0 Å². The molecular weight excluding hydrogens is 492 g/mol. The first-order chi connectivity index (χ1) is 19.4. The van der Waals surface area contributed by atoms with Crippen molar-refractivity contribution in [3.8, 4) is 0 Å². The predicted octanol–water partition coefficient (Wildman–Crippen LogP) is 7.44. The zero-order chi connectivity index (χ0) is 27.9. The Morgan fingerprint density at radius 3 is 1.02 bits per heavy atom. The van der Waals surface area contributed by atoms with Gasteiger partial charge in [0, 0.05) is 37.6 Å². The normalized spacial score (nSPS) is 14.3. The van der Waals surface area contributed by atoms with E-state index in [9.17, 15) is 0 Å². The van der Waals surface area contributed by atoms with E-state index >= 15 is 0 Å². The molecule has 0 atom stereocenters. The van der Waals surface area contributed by atoms with Crippen LogP contribution in [0.2, 0.25) is 0 Å². The van der Waals surface area contributed by atoms with Gasteiger partial charge in [0.25, 0.3) is 0 Å². The largest absolute Gasteiger partial charge is 0.339 e. The molecule has 2 N–H and O–H groups in total. The van der Waals surface area contributed by atoms with Gasteiger partial charge >= 0.3 is 0 Å². The molecule has 0 radical (unpaired) electrons. The molecule has 0 aliphatic carbocycles. The van der Waals surface area contributed by atoms with Crippen molar-refractivity contribution in [3.63, 3.8) is 0 Å². The number of aryl methyl sites for hydroxylation is 4. The molecule has 0 bridgehead atoms. The minimum Gasteiger partial charge on any atom is -0.339 e. The van der Waals surface area contributed by atoms with Crippen LogP contribution in [0.5, 0.6) is 0 Å². The van der Waals surface area contributed by atoms with E-state index in [0.717, 1.165) is 60.8 Å². The SMILES string of the molecule is Cc1ccc(N=C(Nc2ccc(C)cc2)N2CCN(C(=Nc3ccc(C)cc3)Nc3ccc(C)cc3)CC2)cc1. The molecule has 0 saturated carbocycles. The van der Waals surface area contributed by atoms with Gasteiger partial charge in [0.1, 0.15) is 0 Å². The van der Waals surface area contributed by atoms with Crippen LogP contribution in [0.3, 0.4) is 0 Å². The first-order valence-corrected chi connectivity index (χ1v) is 13.9. The zero-order valence-electron chi connectivity index (χ0n) is 23.9. The molecule has 0 spiro atoms. The number of nitrogens with zero attached hydrogens (tertiary/aromatic N) is 4. The van der Waals surface area contributed by atoms with Crippen molar-refractivity contribution in [3.05, 3.63) is 119 Å². The number of aliphatic imine (C=N–C) groups is 2. The van der Waals surface area contributed by atoms with E-state index in [2.05, 4.69) is 145 Å². The molecule has 1 fully saturated rings. The van der Waals surface area contributed by atoms with Crippen molar-refractivity contribution in [1.29, 1.82) is 0 Å². The monoisotopic (exact) mass is 530 g/mol. The number of hydrogen-bond acceptors (Lipinski definition) is 2. The molecule has 6 heteroatoms. The molecule has 4 aromatic carbocycles. The molecule has 40 heavy (non-hydrogen) atoms. The standard InChI is InChI=1S/C34H38N6/c1-25-5-13-29(14-6-25)35-33(36-30-15-7-26(2)8-16-30)39-21-23-40(24-22-39)34(37-31-17-9-27(3)10-18-31)38-32-19-11-28(4)12-20-32/h5-20H,21-24H2,1-4H3,(H,35,36)(H,37,38). The lowest BCUT2D eigenvalue weighted by Crippen LogP contribution is -2.53. The molecule has 0 unspecified atom stereocenters. The lowest BCUT2D eigenvalue weighted by Gasteiger charge is -2.38. The molecule has 1 saturated heterocycles. The summed E-state index contributed by atoms with van der Waals surface area (Å²) in [5.41, 5.74) is 8.85. The molecule has 0 aromatic heterocycles. The summed E-state index contributed by atoms with van der Waals surface area (Å²) in [6.07, 6.45) is 0. The van der Waals surface area contributed by atoms with Crippen LogP contribution in [0, 0.1) is 27.7 Å². The summed E-state index contributed by atoms with van der Waals surface area (Å²) in [5, 5.41) is 7.17. The van der Waals surface area contributed by atoms with Gasteiger partial charge in [-0.25, -0.2) is 9.98 Å². The van der Waals surface area contributed by atoms with Crippen LogP contribution in [-0.2, 0) is 0 Å². The minimum atomic E-state index is 0.812. The van der Waals surface area contributed by atoms with Crippen LogP contribution in [-0.4, -0.2) is 47.9 Å². The van der Waals surface area contributed by atoms with Gasteiger partial charge in [0.15, 0.2) is 0 Å². The second-order valence-corrected chi connectivity index (χ2v) is 10.5. The van der Waals surface area contributed by atoms with Crippen molar-refractivity contribution in [1.82, 2.24) is 9.80 Å². The Morgan fingerprint density at radius 1 is 0.450 bits per heavy atom. The summed E-state index contributed by atoms with van der Waals surface area (Å²) in [6.45, 7) is 11.6. The molecule has 4 aromatic rings. The summed E-state index contributed by atoms with van der Waals surface area (Å²) in [7, 11) is 0. The zero-order valence-corrected chi connectivity index (χ0v) is 23.9. The Morgan fingerprint density at radius 2 is 0.725 bits per heavy atom. The summed E-state index contributed by atoms with van der Waals surface area (Å²) in [4.78, 5) is 14.7. The molecule has 1 heterocycles. The third-order valence-corrected chi connectivity index (χ3v) is 7.03. The quantitative estimate of drug-likeness (QED) is 0.213. The van der Waals surface area contributed by atoms with E-state index in [1.807, 2.05) is 0 Å². The van der Waals surface area contributed by atoms with Crippen LogP contribution in [0.1, 0.15) is 22.3 Å². The highest BCUT2D eigenvalue weighted by molar-refractivity contribution is 5.97. The summed E-state index contributed by atoms with van der Waals surface area (Å²) >= 11 is 0. The fraction of sp³-hybridized carbons (Fsp3) is 0.235. The number of hydrogen-bond donors (Lipinski definition) is 2. The van der Waals surface area contributed by atoms with E-state index in [0.29, 0.717) is 0 Å². The van der Waals surface area contributed by atoms with Gasteiger partial charge in [0.05, 0.1) is 11.4 Å². The third-order valence-electron chi connectivity index (χ3n) is 7.03. The number of piperazine rings is 1. The maximum Gasteiger partial charge on any atom is 0.203 e. The number of rotatable bonds is 4. The van der Waals surface area contributed by atoms with Gasteiger partial charge in [-0.15, -0.1) is 0 Å². The van der Waals surface area contributed by atoms with E-state index in [1.165, 1.54) is 22.3 Å². The van der Waals surface area contributed by atoms with Crippen molar-refractivity contribution < 1.29 is 0 Å². The van der Waals surface area contributed by atoms with E-state index in [-0.39, 0.29) is 0 Å². The lowest BCUT2D eigenvalue weighted by atomic mass is 10.2. The Kier molecular flexibility index (Phi) is 8.45. The smallest absolute Gasteiger partial charge is 0.203 e. The van der Waals surface area contributed by atoms with Crippen LogP contribution < -0.4 is 10.6 Å². The summed E-state index contributed by atoms with van der Waals surface area (Å²) < 4.78 is 0. The van der Waals surface area contributed by atoms with Crippen LogP contribution in [0.4, 0.5) is 22.7 Å². The van der Waals surface area contributed by atoms with E-state index in [4.69, 9.17) is 9.98 Å². The molecular formula is C34H38N6. The molecule has 0 amide bonds. The van der Waals surface area contributed by atoms with Crippen LogP contribution in [0.15, 0.2) is 107 Å². The molecule has 204 valence electrons. The summed E-state index contributed by atoms with van der Waals surface area (Å²) in [6, 6.07) is 33.6. The maximum absolute atomic E-state index is 5.03. The number of anilines is 2. The fourth-order valence-corrected chi connectivity index (χ4v) is 4.50. The van der Waals surface area contributed by atoms with Gasteiger partial charge in [-0.1, -0.05) is 70.8 Å². The average Bonchev–Trinajstić information content (AvgIpc) is 2.97.